The molecule has 0 radical (unpaired) electrons. The highest BCUT2D eigenvalue weighted by Crippen LogP contribution is 2.29. The van der Waals surface area contributed by atoms with Gasteiger partial charge in [0.25, 0.3) is 11.8 Å². The van der Waals surface area contributed by atoms with Gasteiger partial charge in [0.1, 0.15) is 30.7 Å². The van der Waals surface area contributed by atoms with E-state index >= 15 is 0 Å². The van der Waals surface area contributed by atoms with Crippen molar-refractivity contribution in [3.8, 4) is 5.75 Å². The van der Waals surface area contributed by atoms with Crippen molar-refractivity contribution >= 4 is 23.8 Å². The molecule has 2 amide bonds. The van der Waals surface area contributed by atoms with Gasteiger partial charge in [0.2, 0.25) is 6.29 Å². The molecule has 262 valence electrons. The van der Waals surface area contributed by atoms with Crippen LogP contribution < -0.4 is 4.74 Å². The van der Waals surface area contributed by atoms with Crippen molar-refractivity contribution in [1.29, 1.82) is 0 Å². The summed E-state index contributed by atoms with van der Waals surface area (Å²) in [6.45, 7) is 8.18. The number of benzene rings is 1. The molecule has 0 saturated carbocycles. The van der Waals surface area contributed by atoms with E-state index in [1.165, 1.54) is 17.1 Å². The second-order valence-electron chi connectivity index (χ2n) is 14.1. The van der Waals surface area contributed by atoms with E-state index < -0.39 is 48.1 Å². The topological polar surface area (TPSA) is 183 Å². The van der Waals surface area contributed by atoms with Crippen molar-refractivity contribution in [2.24, 2.45) is 5.41 Å². The zero-order valence-electron chi connectivity index (χ0n) is 28.1. The third-order valence-electron chi connectivity index (χ3n) is 7.94. The van der Waals surface area contributed by atoms with Crippen molar-refractivity contribution in [2.45, 2.75) is 77.3 Å². The van der Waals surface area contributed by atoms with E-state index in [4.69, 9.17) is 14.2 Å². The van der Waals surface area contributed by atoms with Crippen LogP contribution in [0.25, 0.3) is 0 Å². The Balaban J connectivity index is 1.74. The number of nitrogens with zero attached hydrogens (tertiary/aromatic N) is 3. The lowest BCUT2D eigenvalue weighted by Crippen LogP contribution is -2.61. The second kappa shape index (κ2) is 16.1. The normalized spacial score (nSPS) is 23.4. The number of quaternary nitrogens is 1. The lowest BCUT2D eigenvalue weighted by Gasteiger charge is -2.38. The zero-order chi connectivity index (χ0) is 35.1. The van der Waals surface area contributed by atoms with E-state index in [2.05, 4.69) is 26.0 Å². The molecule has 0 aromatic heterocycles. The van der Waals surface area contributed by atoms with E-state index in [9.17, 15) is 39.6 Å². The number of carbonyl (C=O) groups excluding carboxylic acids is 3. The maximum absolute atomic E-state index is 12.5. The van der Waals surface area contributed by atoms with Gasteiger partial charge in [0.15, 0.2) is 6.10 Å². The van der Waals surface area contributed by atoms with Gasteiger partial charge >= 0.3 is 11.9 Å². The molecule has 2 aliphatic heterocycles. The van der Waals surface area contributed by atoms with Crippen LogP contribution in [-0.2, 0) is 41.7 Å². The predicted octanol–water partition coefficient (Wildman–Crippen LogP) is 0.303. The Morgan fingerprint density at radius 3 is 2.19 bits per heavy atom. The van der Waals surface area contributed by atoms with Crippen LogP contribution in [-0.4, -0.2) is 143 Å². The van der Waals surface area contributed by atoms with Crippen LogP contribution in [0.15, 0.2) is 30.4 Å². The number of aliphatic carboxylic acids is 1. The number of amides is 2. The minimum Gasteiger partial charge on any atom is -0.479 e. The number of carbonyl (C=O) groups is 4. The largest absolute Gasteiger partial charge is 0.479 e. The van der Waals surface area contributed by atoms with Crippen molar-refractivity contribution in [1.82, 2.24) is 9.80 Å². The van der Waals surface area contributed by atoms with Crippen LogP contribution in [0.1, 0.15) is 44.7 Å². The van der Waals surface area contributed by atoms with Gasteiger partial charge in [-0.15, -0.1) is 0 Å². The summed E-state index contributed by atoms with van der Waals surface area (Å²) < 4.78 is 17.5. The number of aryl methyl sites for hydroxylation is 1. The number of hydrogen-bond donors (Lipinski definition) is 4. The molecule has 0 bridgehead atoms. The predicted molar refractivity (Wildman–Crippen MR) is 169 cm³/mol. The highest BCUT2D eigenvalue weighted by molar-refractivity contribution is 6.12. The Labute approximate surface area is 275 Å². The Bertz CT molecular complexity index is 1290. The van der Waals surface area contributed by atoms with E-state index in [0.717, 1.165) is 29.6 Å². The first-order valence-corrected chi connectivity index (χ1v) is 15.8. The number of esters is 1. The first-order valence-electron chi connectivity index (χ1n) is 15.8. The van der Waals surface area contributed by atoms with Crippen molar-refractivity contribution in [2.75, 3.05) is 53.9 Å². The lowest BCUT2D eigenvalue weighted by atomic mass is 9.97. The quantitative estimate of drug-likeness (QED) is 0.108. The third-order valence-corrected chi connectivity index (χ3v) is 7.94. The Morgan fingerprint density at radius 2 is 1.60 bits per heavy atom. The first-order chi connectivity index (χ1) is 21.9. The molecule has 4 N–H and O–H groups in total. The number of ether oxygens (including phenoxy) is 3. The highest BCUT2D eigenvalue weighted by atomic mass is 16.7. The molecule has 2 aliphatic rings. The van der Waals surface area contributed by atoms with Crippen LogP contribution in [0.4, 0.5) is 0 Å². The molecule has 1 fully saturated rings. The Hall–Kier alpha value is -3.40. The van der Waals surface area contributed by atoms with Crippen LogP contribution in [0.3, 0.4) is 0 Å². The summed E-state index contributed by atoms with van der Waals surface area (Å²) in [5, 5.41) is 40.3. The maximum Gasteiger partial charge on any atom is 0.335 e. The monoisotopic (exact) mass is 664 g/mol. The third kappa shape index (κ3) is 11.1. The molecule has 3 rings (SSSR count). The van der Waals surface area contributed by atoms with Gasteiger partial charge in [-0.05, 0) is 51.8 Å². The molecule has 14 heteroatoms. The smallest absolute Gasteiger partial charge is 0.335 e. The molecule has 0 aliphatic carbocycles. The number of carboxylic acids is 1. The molecule has 14 nitrogen and oxygen atoms in total. The standard InChI is InChI=1S/C33H49N3O11/c1-33(2,3)32(44)45-20-22-11-10-21(19-23(22)46-31-28(41)26(39)27(40)29(47-31)30(42)43)9-7-14-34(15-8-18-36(4,5)6)16-17-35-24(37)12-13-25(35)38/h10-13,19,26-29,31,39-41H,7-9,14-18,20H2,1-6H3/p+1/t26-,27-,28+,29-,31+/m0/s1. The van der Waals surface area contributed by atoms with Crippen molar-refractivity contribution in [3.05, 3.63) is 41.5 Å². The number of hydrogen-bond acceptors (Lipinski definition) is 11. The molecular formula is C33H50N3O11+. The fourth-order valence-corrected chi connectivity index (χ4v) is 5.12. The fourth-order valence-electron chi connectivity index (χ4n) is 5.12. The molecule has 1 aromatic carbocycles. The second-order valence-corrected chi connectivity index (χ2v) is 14.1. The molecule has 0 spiro atoms. The molecule has 1 aromatic rings. The number of imide groups is 1. The molecule has 47 heavy (non-hydrogen) atoms. The van der Waals surface area contributed by atoms with Gasteiger partial charge in [0, 0.05) is 43.8 Å². The zero-order valence-corrected chi connectivity index (χ0v) is 28.1. The van der Waals surface area contributed by atoms with E-state index in [0.29, 0.717) is 31.5 Å². The van der Waals surface area contributed by atoms with E-state index in [1.807, 2.05) is 6.07 Å². The molecule has 1 saturated heterocycles. The number of carboxylic acid groups (broad SMARTS) is 1. The summed E-state index contributed by atoms with van der Waals surface area (Å²) >= 11 is 0. The fraction of sp³-hybridized carbons (Fsp3) is 0.636. The van der Waals surface area contributed by atoms with Crippen LogP contribution in [0, 0.1) is 5.41 Å². The van der Waals surface area contributed by atoms with E-state index in [1.54, 1.807) is 32.9 Å². The number of rotatable bonds is 16. The summed E-state index contributed by atoms with van der Waals surface area (Å²) in [7, 11) is 6.35. The van der Waals surface area contributed by atoms with E-state index in [-0.39, 0.29) is 30.7 Å². The van der Waals surface area contributed by atoms with Crippen LogP contribution in [0.2, 0.25) is 0 Å². The summed E-state index contributed by atoms with van der Waals surface area (Å²) in [6.07, 6.45) is -4.19. The number of aliphatic hydroxyl groups excluding tert-OH is 3. The minimum absolute atomic E-state index is 0.152. The van der Waals surface area contributed by atoms with Gasteiger partial charge in [-0.2, -0.15) is 0 Å². The minimum atomic E-state index is -1.87. The van der Waals surface area contributed by atoms with Crippen LogP contribution >= 0.6 is 0 Å². The molecular weight excluding hydrogens is 614 g/mol. The summed E-state index contributed by atoms with van der Waals surface area (Å²) in [5.74, 6) is -2.47. The van der Waals surface area contributed by atoms with Crippen molar-refractivity contribution < 1.29 is 58.3 Å². The number of aliphatic hydroxyl groups is 3. The Morgan fingerprint density at radius 1 is 0.957 bits per heavy atom. The van der Waals surface area contributed by atoms with Gasteiger partial charge in [0.05, 0.1) is 33.1 Å². The molecule has 2 heterocycles. The van der Waals surface area contributed by atoms with Crippen molar-refractivity contribution in [3.63, 3.8) is 0 Å². The molecule has 0 unspecified atom stereocenters. The Kier molecular flexibility index (Phi) is 13.1. The maximum atomic E-state index is 12.5. The van der Waals surface area contributed by atoms with Gasteiger partial charge in [-0.3, -0.25) is 19.3 Å². The van der Waals surface area contributed by atoms with Gasteiger partial charge in [-0.1, -0.05) is 12.1 Å². The SMILES string of the molecule is CC(C)(C)C(=O)OCc1ccc(CCCN(CCC[N+](C)(C)C)CCN2C(=O)C=CC2=O)cc1O[C@@H]1O[C@H](C(=O)O)[C@@H](O)[C@H](O)[C@H]1O. The summed E-state index contributed by atoms with van der Waals surface area (Å²) in [4.78, 5) is 51.6. The summed E-state index contributed by atoms with van der Waals surface area (Å²) in [5.41, 5.74) is 0.486. The van der Waals surface area contributed by atoms with Gasteiger partial charge < -0.3 is 44.0 Å². The van der Waals surface area contributed by atoms with Gasteiger partial charge in [-0.25, -0.2) is 4.79 Å². The highest BCUT2D eigenvalue weighted by Gasteiger charge is 2.48. The average molecular weight is 665 g/mol. The molecule has 5 atom stereocenters. The average Bonchev–Trinajstić information content (AvgIpc) is 3.30. The lowest BCUT2D eigenvalue weighted by molar-refractivity contribution is -0.870. The first kappa shape index (κ1) is 38.1. The van der Waals surface area contributed by atoms with Crippen LogP contribution in [0.5, 0.6) is 5.75 Å². The summed E-state index contributed by atoms with van der Waals surface area (Å²) in [6, 6.07) is 5.23.